The van der Waals surface area contributed by atoms with Crippen molar-refractivity contribution in [3.8, 4) is 5.75 Å². The largest absolute Gasteiger partial charge is 0.488 e. The van der Waals surface area contributed by atoms with Gasteiger partial charge in [0.2, 0.25) is 11.7 Å². The highest BCUT2D eigenvalue weighted by Gasteiger charge is 2.32. The second-order valence-electron chi connectivity index (χ2n) is 10.9. The van der Waals surface area contributed by atoms with Crippen LogP contribution < -0.4 is 9.64 Å². The lowest BCUT2D eigenvalue weighted by molar-refractivity contribution is -0.118. The Hall–Kier alpha value is -5.40. The number of hydrogen-bond donors (Lipinski definition) is 0. The molecule has 5 rings (SSSR count). The first kappa shape index (κ1) is 35.9. The minimum Gasteiger partial charge on any atom is -0.488 e. The normalized spacial score (nSPS) is 11.7. The van der Waals surface area contributed by atoms with Crippen molar-refractivity contribution >= 4 is 28.5 Å². The van der Waals surface area contributed by atoms with Crippen molar-refractivity contribution < 1.29 is 45.2 Å². The smallest absolute Gasteiger partial charge is 0.342 e. The van der Waals surface area contributed by atoms with Crippen molar-refractivity contribution in [1.82, 2.24) is 4.31 Å². The van der Waals surface area contributed by atoms with Crippen LogP contribution in [0.2, 0.25) is 0 Å². The van der Waals surface area contributed by atoms with E-state index < -0.39 is 63.4 Å². The Morgan fingerprint density at radius 3 is 1.72 bits per heavy atom. The summed E-state index contributed by atoms with van der Waals surface area (Å²) in [6.07, 6.45) is 0. The summed E-state index contributed by atoms with van der Waals surface area (Å²) in [5.74, 6) is -12.8. The van der Waals surface area contributed by atoms with Gasteiger partial charge in [0, 0.05) is 18.8 Å². The van der Waals surface area contributed by atoms with E-state index in [2.05, 4.69) is 0 Å². The standard InChI is InChI=1S/C37H29F5N2O5S/c1-43(50(47)36-34(41)32(39)31(38)33(40)35(36)42)21-30(45)44(20-24-11-5-2-6-12-24)27-17-18-28(37(46)49-23-26-15-9-4-10-16-26)29(19-27)48-22-25-13-7-3-8-14-25/h2-19H,20-23H2,1H3. The second-order valence-corrected chi connectivity index (χ2v) is 12.4. The lowest BCUT2D eigenvalue weighted by atomic mass is 10.1. The van der Waals surface area contributed by atoms with Gasteiger partial charge in [-0.3, -0.25) is 4.79 Å². The van der Waals surface area contributed by atoms with Crippen LogP contribution in [0, 0.1) is 29.1 Å². The molecule has 0 aliphatic heterocycles. The Morgan fingerprint density at radius 1 is 0.660 bits per heavy atom. The number of nitrogens with zero attached hydrogens (tertiary/aromatic N) is 2. The maximum atomic E-state index is 14.5. The molecule has 5 aromatic rings. The monoisotopic (exact) mass is 708 g/mol. The number of anilines is 1. The van der Waals surface area contributed by atoms with E-state index in [0.29, 0.717) is 9.87 Å². The Morgan fingerprint density at radius 2 is 1.16 bits per heavy atom. The number of halogens is 5. The predicted octanol–water partition coefficient (Wildman–Crippen LogP) is 7.51. The molecule has 0 fully saturated rings. The highest BCUT2D eigenvalue weighted by Crippen LogP contribution is 2.30. The first-order valence-electron chi connectivity index (χ1n) is 15.1. The number of amides is 1. The molecule has 0 N–H and O–H groups in total. The summed E-state index contributed by atoms with van der Waals surface area (Å²) < 4.78 is 95.6. The van der Waals surface area contributed by atoms with Crippen molar-refractivity contribution in [2.75, 3.05) is 18.5 Å². The van der Waals surface area contributed by atoms with Gasteiger partial charge < -0.3 is 14.4 Å². The Kier molecular flexibility index (Phi) is 11.7. The van der Waals surface area contributed by atoms with Gasteiger partial charge in [-0.1, -0.05) is 91.0 Å². The molecule has 258 valence electrons. The molecule has 50 heavy (non-hydrogen) atoms. The van der Waals surface area contributed by atoms with Gasteiger partial charge in [0.1, 0.15) is 40.4 Å². The van der Waals surface area contributed by atoms with E-state index in [-0.39, 0.29) is 36.8 Å². The van der Waals surface area contributed by atoms with Crippen LogP contribution in [0.5, 0.6) is 5.75 Å². The van der Waals surface area contributed by atoms with Crippen molar-refractivity contribution in [1.29, 1.82) is 0 Å². The molecule has 5 aromatic carbocycles. The molecule has 0 bridgehead atoms. The van der Waals surface area contributed by atoms with E-state index in [4.69, 9.17) is 9.47 Å². The van der Waals surface area contributed by atoms with Crippen LogP contribution in [-0.2, 0) is 40.3 Å². The number of likely N-dealkylation sites (N-methyl/N-ethyl adjacent to an activating group) is 1. The van der Waals surface area contributed by atoms with Gasteiger partial charge in [-0.15, -0.1) is 0 Å². The highest BCUT2D eigenvalue weighted by atomic mass is 32.2. The number of benzene rings is 5. The number of esters is 1. The maximum Gasteiger partial charge on any atom is 0.342 e. The molecule has 0 saturated carbocycles. The van der Waals surface area contributed by atoms with Crippen molar-refractivity contribution in [2.45, 2.75) is 24.7 Å². The number of ether oxygens (including phenoxy) is 2. The third-order valence-electron chi connectivity index (χ3n) is 7.42. The van der Waals surface area contributed by atoms with Gasteiger partial charge in [-0.2, -0.15) is 0 Å². The third kappa shape index (κ3) is 8.41. The summed E-state index contributed by atoms with van der Waals surface area (Å²) in [7, 11) is -1.94. The zero-order valence-electron chi connectivity index (χ0n) is 26.5. The SMILES string of the molecule is CN(CC(=O)N(Cc1ccccc1)c1ccc(C(=O)OCc2ccccc2)c(OCc2ccccc2)c1)S(=O)c1c(F)c(F)c(F)c(F)c1F. The summed E-state index contributed by atoms with van der Waals surface area (Å²) in [5.41, 5.74) is 2.49. The summed E-state index contributed by atoms with van der Waals surface area (Å²) >= 11 is 0. The number of carbonyl (C=O) groups is 2. The van der Waals surface area contributed by atoms with Crippen LogP contribution >= 0.6 is 0 Å². The van der Waals surface area contributed by atoms with E-state index in [1.807, 2.05) is 36.4 Å². The minimum absolute atomic E-state index is 0.00924. The fraction of sp³-hybridized carbons (Fsp3) is 0.135. The van der Waals surface area contributed by atoms with Gasteiger partial charge >= 0.3 is 5.97 Å². The topological polar surface area (TPSA) is 76.2 Å². The quantitative estimate of drug-likeness (QED) is 0.0548. The van der Waals surface area contributed by atoms with Crippen LogP contribution in [0.15, 0.2) is 114 Å². The molecule has 0 saturated heterocycles. The fourth-order valence-corrected chi connectivity index (χ4v) is 5.85. The zero-order chi connectivity index (χ0) is 35.8. The second kappa shape index (κ2) is 16.3. The van der Waals surface area contributed by atoms with E-state index >= 15 is 0 Å². The lowest BCUT2D eigenvalue weighted by Crippen LogP contribution is -2.39. The molecule has 0 spiro atoms. The average Bonchev–Trinajstić information content (AvgIpc) is 3.14. The first-order chi connectivity index (χ1) is 24.0. The molecule has 13 heteroatoms. The highest BCUT2D eigenvalue weighted by molar-refractivity contribution is 7.82. The van der Waals surface area contributed by atoms with Gasteiger partial charge in [-0.05, 0) is 28.8 Å². The van der Waals surface area contributed by atoms with Gasteiger partial charge in [0.15, 0.2) is 23.3 Å². The predicted molar refractivity (Wildman–Crippen MR) is 176 cm³/mol. The summed E-state index contributed by atoms with van der Waals surface area (Å²) in [6, 6.07) is 31.2. The van der Waals surface area contributed by atoms with E-state index in [1.54, 1.807) is 54.6 Å². The van der Waals surface area contributed by atoms with Crippen LogP contribution in [0.1, 0.15) is 27.0 Å². The van der Waals surface area contributed by atoms with Gasteiger partial charge in [-0.25, -0.2) is 35.3 Å². The summed E-state index contributed by atoms with van der Waals surface area (Å²) in [5, 5.41) is 0. The van der Waals surface area contributed by atoms with E-state index in [0.717, 1.165) is 18.2 Å². The molecule has 1 atom stereocenters. The molecule has 1 unspecified atom stereocenters. The average molecular weight is 709 g/mol. The third-order valence-corrected chi connectivity index (χ3v) is 8.82. The summed E-state index contributed by atoms with van der Waals surface area (Å²) in [6.45, 7) is -0.789. The van der Waals surface area contributed by atoms with Crippen LogP contribution in [0.25, 0.3) is 0 Å². The van der Waals surface area contributed by atoms with Crippen molar-refractivity contribution in [2.24, 2.45) is 0 Å². The molecule has 0 heterocycles. The molecular formula is C37H29F5N2O5S. The van der Waals surface area contributed by atoms with E-state index in [9.17, 15) is 35.8 Å². The molecule has 0 radical (unpaired) electrons. The van der Waals surface area contributed by atoms with Crippen LogP contribution in [0.4, 0.5) is 27.6 Å². The van der Waals surface area contributed by atoms with E-state index in [1.165, 1.54) is 23.1 Å². The number of rotatable bonds is 13. The number of hydrogen-bond acceptors (Lipinski definition) is 5. The maximum absolute atomic E-state index is 14.5. The Bertz CT molecular complexity index is 1970. The van der Waals surface area contributed by atoms with Gasteiger partial charge in [0.05, 0.1) is 13.1 Å². The van der Waals surface area contributed by atoms with Crippen molar-refractivity contribution in [3.63, 3.8) is 0 Å². The zero-order valence-corrected chi connectivity index (χ0v) is 27.3. The molecule has 0 aliphatic carbocycles. The summed E-state index contributed by atoms with van der Waals surface area (Å²) in [4.78, 5) is 26.8. The molecule has 0 aliphatic rings. The van der Waals surface area contributed by atoms with Crippen LogP contribution in [0.3, 0.4) is 0 Å². The minimum atomic E-state index is -2.97. The molecule has 1 amide bonds. The van der Waals surface area contributed by atoms with Crippen molar-refractivity contribution in [3.05, 3.63) is 161 Å². The molecular weight excluding hydrogens is 679 g/mol. The number of carbonyl (C=O) groups excluding carboxylic acids is 2. The molecule has 0 aromatic heterocycles. The fourth-order valence-electron chi connectivity index (χ4n) is 4.82. The Labute approximate surface area is 287 Å². The Balaban J connectivity index is 1.47. The molecule has 7 nitrogen and oxygen atoms in total. The first-order valence-corrected chi connectivity index (χ1v) is 16.2. The van der Waals surface area contributed by atoms with Crippen LogP contribution in [-0.4, -0.2) is 34.0 Å². The lowest BCUT2D eigenvalue weighted by Gasteiger charge is -2.26. The van der Waals surface area contributed by atoms with Gasteiger partial charge in [0.25, 0.3) is 0 Å².